The van der Waals surface area contributed by atoms with E-state index in [9.17, 15) is 14.9 Å². The van der Waals surface area contributed by atoms with E-state index in [-0.39, 0.29) is 0 Å². The minimum Gasteiger partial charge on any atom is -0.318 e. The second kappa shape index (κ2) is 6.49. The van der Waals surface area contributed by atoms with Crippen LogP contribution in [-0.4, -0.2) is 29.1 Å². The summed E-state index contributed by atoms with van der Waals surface area (Å²) in [6.45, 7) is 0. The first kappa shape index (κ1) is 12.0. The Morgan fingerprint density at radius 1 is 1.77 bits per heavy atom. The molecule has 0 spiro atoms. The molecule has 0 radical (unpaired) electrons. The highest BCUT2D eigenvalue weighted by Crippen LogP contribution is 2.00. The lowest BCUT2D eigenvalue weighted by Gasteiger charge is -2.06. The first-order valence-electron chi connectivity index (χ1n) is 3.35. The van der Waals surface area contributed by atoms with Gasteiger partial charge in [0, 0.05) is 0 Å². The van der Waals surface area contributed by atoms with Gasteiger partial charge in [-0.2, -0.15) is 11.8 Å². The molecule has 0 fully saturated rings. The van der Waals surface area contributed by atoms with Gasteiger partial charge in [-0.25, -0.2) is 4.79 Å². The molecule has 0 aromatic carbocycles. The molecule has 0 rings (SSSR count). The summed E-state index contributed by atoms with van der Waals surface area (Å²) >= 11 is 1.51. The average molecular weight is 210 g/mol. The number of rotatable bonds is 6. The van der Waals surface area contributed by atoms with Gasteiger partial charge in [0.05, 0.1) is 0 Å². The molecule has 0 amide bonds. The third-order valence-electron chi connectivity index (χ3n) is 1.12. The molecule has 0 aliphatic carbocycles. The van der Waals surface area contributed by atoms with Crippen LogP contribution in [0.3, 0.4) is 0 Å². The number of hydrogen-bond donors (Lipinski definition) is 1. The molecule has 0 saturated heterocycles. The standard InChI is InChI=1S/C5H10N2O5S/c1-13-3-2-4(6)5(8)11-12-7(9)10/h4H,2-3,6H2,1H3. The lowest BCUT2D eigenvalue weighted by atomic mass is 10.2. The van der Waals surface area contributed by atoms with Gasteiger partial charge in [-0.1, -0.05) is 4.99 Å². The van der Waals surface area contributed by atoms with E-state index in [4.69, 9.17) is 5.73 Å². The number of carbonyl (C=O) groups excluding carboxylic acids is 1. The van der Waals surface area contributed by atoms with Gasteiger partial charge in [0.2, 0.25) is 0 Å². The fourth-order valence-corrected chi connectivity index (χ4v) is 0.981. The number of thioether (sulfide) groups is 1. The van der Waals surface area contributed by atoms with Crippen LogP contribution >= 0.6 is 11.8 Å². The molecule has 0 heterocycles. The lowest BCUT2D eigenvalue weighted by Crippen LogP contribution is -2.33. The molecule has 0 aromatic rings. The number of carbonyl (C=O) groups is 1. The van der Waals surface area contributed by atoms with Crippen molar-refractivity contribution < 1.29 is 19.8 Å². The summed E-state index contributed by atoms with van der Waals surface area (Å²) in [5.41, 5.74) is 5.30. The summed E-state index contributed by atoms with van der Waals surface area (Å²) in [5, 5.41) is 8.38. The van der Waals surface area contributed by atoms with Crippen LogP contribution in [0.1, 0.15) is 6.42 Å². The van der Waals surface area contributed by atoms with E-state index in [1.807, 2.05) is 6.26 Å². The van der Waals surface area contributed by atoms with Crippen molar-refractivity contribution in [2.24, 2.45) is 5.73 Å². The minimum atomic E-state index is -1.22. The first-order valence-corrected chi connectivity index (χ1v) is 4.74. The zero-order chi connectivity index (χ0) is 10.3. The van der Waals surface area contributed by atoms with Crippen LogP contribution in [-0.2, 0) is 14.7 Å². The molecule has 13 heavy (non-hydrogen) atoms. The van der Waals surface area contributed by atoms with Crippen molar-refractivity contribution in [3.63, 3.8) is 0 Å². The largest absolute Gasteiger partial charge is 0.359 e. The molecule has 0 saturated carbocycles. The van der Waals surface area contributed by atoms with Crippen molar-refractivity contribution in [2.75, 3.05) is 12.0 Å². The molecular formula is C5H10N2O5S. The highest BCUT2D eigenvalue weighted by molar-refractivity contribution is 7.98. The van der Waals surface area contributed by atoms with Crippen LogP contribution in [0.4, 0.5) is 0 Å². The van der Waals surface area contributed by atoms with Crippen molar-refractivity contribution >= 4 is 17.7 Å². The fourth-order valence-electron chi connectivity index (χ4n) is 0.492. The van der Waals surface area contributed by atoms with Crippen LogP contribution in [0, 0.1) is 10.1 Å². The summed E-state index contributed by atoms with van der Waals surface area (Å²) in [6.07, 6.45) is 2.24. The van der Waals surface area contributed by atoms with Crippen LogP contribution in [0.2, 0.25) is 0 Å². The van der Waals surface area contributed by atoms with Gasteiger partial charge in [0.25, 0.3) is 0 Å². The molecule has 0 aliphatic rings. The van der Waals surface area contributed by atoms with Crippen LogP contribution in [0.15, 0.2) is 0 Å². The Kier molecular flexibility index (Phi) is 5.98. The second-order valence-corrected chi connectivity index (χ2v) is 3.07. The van der Waals surface area contributed by atoms with E-state index >= 15 is 0 Å². The number of nitrogens with two attached hydrogens (primary N) is 1. The zero-order valence-corrected chi connectivity index (χ0v) is 7.78. The first-order chi connectivity index (χ1) is 6.07. The molecule has 0 bridgehead atoms. The molecule has 8 heteroatoms. The van der Waals surface area contributed by atoms with Gasteiger partial charge in [0.15, 0.2) is 0 Å². The third kappa shape index (κ3) is 6.17. The Balaban J connectivity index is 3.63. The SMILES string of the molecule is CSCCC(N)C(=O)OO[N+](=O)[O-]. The van der Waals surface area contributed by atoms with Gasteiger partial charge < -0.3 is 5.73 Å². The fraction of sp³-hybridized carbons (Fsp3) is 0.800. The smallest absolute Gasteiger partial charge is 0.318 e. The molecule has 1 unspecified atom stereocenters. The predicted molar refractivity (Wildman–Crippen MR) is 45.1 cm³/mol. The van der Waals surface area contributed by atoms with E-state index in [1.54, 1.807) is 0 Å². The maximum atomic E-state index is 10.8. The van der Waals surface area contributed by atoms with Gasteiger partial charge in [-0.05, 0) is 18.4 Å². The quantitative estimate of drug-likeness (QED) is 0.365. The summed E-state index contributed by atoms with van der Waals surface area (Å²) in [6, 6.07) is -0.882. The van der Waals surface area contributed by atoms with Crippen molar-refractivity contribution in [3.05, 3.63) is 10.1 Å². The second-order valence-electron chi connectivity index (χ2n) is 2.09. The van der Waals surface area contributed by atoms with Crippen LogP contribution < -0.4 is 5.73 Å². The highest BCUT2D eigenvalue weighted by atomic mass is 32.2. The molecule has 2 N–H and O–H groups in total. The maximum Gasteiger partial charge on any atom is 0.359 e. The number of nitrogens with zero attached hydrogens (tertiary/aromatic N) is 1. The Hall–Kier alpha value is -1.02. The molecule has 0 aliphatic heterocycles. The van der Waals surface area contributed by atoms with E-state index in [0.717, 1.165) is 0 Å². The maximum absolute atomic E-state index is 10.8. The molecule has 1 atom stereocenters. The summed E-state index contributed by atoms with van der Waals surface area (Å²) in [7, 11) is 0. The van der Waals surface area contributed by atoms with Gasteiger partial charge >= 0.3 is 11.1 Å². The molecule has 76 valence electrons. The van der Waals surface area contributed by atoms with Crippen molar-refractivity contribution in [3.8, 4) is 0 Å². The lowest BCUT2D eigenvalue weighted by molar-refractivity contribution is -0.839. The Labute approximate surface area is 78.6 Å². The summed E-state index contributed by atoms with van der Waals surface area (Å²) in [5.74, 6) is -0.264. The topological polar surface area (TPSA) is 105 Å². The van der Waals surface area contributed by atoms with Crippen molar-refractivity contribution in [1.29, 1.82) is 0 Å². The minimum absolute atomic E-state index is 0.390. The average Bonchev–Trinajstić information content (AvgIpc) is 2.10. The van der Waals surface area contributed by atoms with Gasteiger partial charge in [-0.15, -0.1) is 10.1 Å². The monoisotopic (exact) mass is 210 g/mol. The summed E-state index contributed by atoms with van der Waals surface area (Å²) in [4.78, 5) is 27.5. The Morgan fingerprint density at radius 3 is 2.85 bits per heavy atom. The Bertz CT molecular complexity index is 188. The zero-order valence-electron chi connectivity index (χ0n) is 6.97. The predicted octanol–water partition coefficient (Wildman–Crippen LogP) is -0.267. The van der Waals surface area contributed by atoms with Gasteiger partial charge in [-0.3, -0.25) is 4.89 Å². The van der Waals surface area contributed by atoms with Crippen molar-refractivity contribution in [2.45, 2.75) is 12.5 Å². The van der Waals surface area contributed by atoms with Crippen LogP contribution in [0.25, 0.3) is 0 Å². The third-order valence-corrected chi connectivity index (χ3v) is 1.76. The van der Waals surface area contributed by atoms with E-state index < -0.39 is 17.1 Å². The van der Waals surface area contributed by atoms with Crippen LogP contribution in [0.5, 0.6) is 0 Å². The highest BCUT2D eigenvalue weighted by Gasteiger charge is 2.16. The van der Waals surface area contributed by atoms with E-state index in [1.165, 1.54) is 11.8 Å². The number of hydrogen-bond acceptors (Lipinski definition) is 7. The molecule has 0 aromatic heterocycles. The van der Waals surface area contributed by atoms with E-state index in [0.29, 0.717) is 12.2 Å². The summed E-state index contributed by atoms with van der Waals surface area (Å²) < 4.78 is 0. The van der Waals surface area contributed by atoms with Gasteiger partial charge in [0.1, 0.15) is 6.04 Å². The Morgan fingerprint density at radius 2 is 2.38 bits per heavy atom. The molecular weight excluding hydrogens is 200 g/mol. The van der Waals surface area contributed by atoms with E-state index in [2.05, 4.69) is 9.88 Å². The molecule has 7 nitrogen and oxygen atoms in total. The van der Waals surface area contributed by atoms with Crippen molar-refractivity contribution in [1.82, 2.24) is 0 Å². The normalized spacial score (nSPS) is 11.8.